The Morgan fingerprint density at radius 3 is 2.61 bits per heavy atom. The lowest BCUT2D eigenvalue weighted by Crippen LogP contribution is -2.25. The lowest BCUT2D eigenvalue weighted by Gasteiger charge is -2.11. The number of benzene rings is 2. The van der Waals surface area contributed by atoms with E-state index < -0.39 is 0 Å². The van der Waals surface area contributed by atoms with Crippen LogP contribution in [0, 0.1) is 0 Å². The van der Waals surface area contributed by atoms with Crippen LogP contribution < -0.4 is 15.4 Å². The number of carbonyl (C=O) groups excluding carboxylic acids is 1. The smallest absolute Gasteiger partial charge is 0.251 e. The topological polar surface area (TPSA) is 50.4 Å². The molecule has 120 valence electrons. The predicted octanol–water partition coefficient (Wildman–Crippen LogP) is 3.85. The molecule has 0 spiro atoms. The molecular formula is C18H19ClN2O2. The van der Waals surface area contributed by atoms with Crippen molar-refractivity contribution in [3.05, 3.63) is 58.6 Å². The highest BCUT2D eigenvalue weighted by molar-refractivity contribution is 6.30. The Bertz CT molecular complexity index is 697. The maximum absolute atomic E-state index is 11.9. The van der Waals surface area contributed by atoms with Crippen LogP contribution in [0.4, 0.5) is 5.69 Å². The maximum atomic E-state index is 11.9. The van der Waals surface area contributed by atoms with Gasteiger partial charge in [-0.3, -0.25) is 4.79 Å². The molecule has 1 saturated carbocycles. The molecule has 2 aromatic carbocycles. The molecule has 4 nitrogen and oxygen atoms in total. The van der Waals surface area contributed by atoms with Crippen molar-refractivity contribution in [3.63, 3.8) is 0 Å². The van der Waals surface area contributed by atoms with Gasteiger partial charge in [-0.15, -0.1) is 0 Å². The van der Waals surface area contributed by atoms with Crippen LogP contribution >= 0.6 is 11.6 Å². The highest BCUT2D eigenvalue weighted by Crippen LogP contribution is 2.24. The number of halogens is 1. The fourth-order valence-corrected chi connectivity index (χ4v) is 2.51. The van der Waals surface area contributed by atoms with Crippen molar-refractivity contribution >= 4 is 23.2 Å². The van der Waals surface area contributed by atoms with E-state index in [2.05, 4.69) is 10.6 Å². The lowest BCUT2D eigenvalue weighted by atomic mass is 10.1. The number of rotatable bonds is 6. The summed E-state index contributed by atoms with van der Waals surface area (Å²) in [5, 5.41) is 6.97. The van der Waals surface area contributed by atoms with Gasteiger partial charge in [0.15, 0.2) is 0 Å². The van der Waals surface area contributed by atoms with Crippen LogP contribution in [0.15, 0.2) is 42.5 Å². The zero-order valence-electron chi connectivity index (χ0n) is 12.9. The summed E-state index contributed by atoms with van der Waals surface area (Å²) >= 11 is 6.03. The molecule has 5 heteroatoms. The van der Waals surface area contributed by atoms with Crippen LogP contribution in [0.3, 0.4) is 0 Å². The Morgan fingerprint density at radius 1 is 1.22 bits per heavy atom. The second-order valence-electron chi connectivity index (χ2n) is 5.63. The van der Waals surface area contributed by atoms with Crippen molar-refractivity contribution < 1.29 is 9.53 Å². The van der Waals surface area contributed by atoms with Crippen molar-refractivity contribution in [2.75, 3.05) is 12.4 Å². The monoisotopic (exact) mass is 330 g/mol. The van der Waals surface area contributed by atoms with Gasteiger partial charge in [0, 0.05) is 34.4 Å². The van der Waals surface area contributed by atoms with Crippen LogP contribution in [0.25, 0.3) is 0 Å². The molecule has 0 bridgehead atoms. The Hall–Kier alpha value is -2.20. The number of anilines is 1. The first-order chi connectivity index (χ1) is 11.2. The molecule has 1 aliphatic rings. The largest absolute Gasteiger partial charge is 0.496 e. The van der Waals surface area contributed by atoms with E-state index in [4.69, 9.17) is 16.3 Å². The van der Waals surface area contributed by atoms with E-state index in [9.17, 15) is 4.79 Å². The first-order valence-corrected chi connectivity index (χ1v) is 8.01. The van der Waals surface area contributed by atoms with Gasteiger partial charge in [-0.25, -0.2) is 0 Å². The van der Waals surface area contributed by atoms with Crippen molar-refractivity contribution in [2.24, 2.45) is 0 Å². The number of hydrogen-bond acceptors (Lipinski definition) is 3. The predicted molar refractivity (Wildman–Crippen MR) is 92.3 cm³/mol. The molecule has 3 rings (SSSR count). The summed E-state index contributed by atoms with van der Waals surface area (Å²) in [4.78, 5) is 11.9. The summed E-state index contributed by atoms with van der Waals surface area (Å²) in [7, 11) is 1.64. The number of hydrogen-bond donors (Lipinski definition) is 2. The first kappa shape index (κ1) is 15.7. The van der Waals surface area contributed by atoms with E-state index in [-0.39, 0.29) is 5.91 Å². The second-order valence-corrected chi connectivity index (χ2v) is 6.07. The third kappa shape index (κ3) is 4.17. The van der Waals surface area contributed by atoms with E-state index in [1.807, 2.05) is 36.4 Å². The van der Waals surface area contributed by atoms with Gasteiger partial charge in [0.05, 0.1) is 7.11 Å². The fourth-order valence-electron chi connectivity index (χ4n) is 2.32. The molecule has 1 amide bonds. The van der Waals surface area contributed by atoms with Gasteiger partial charge in [-0.1, -0.05) is 11.6 Å². The maximum Gasteiger partial charge on any atom is 0.251 e. The zero-order valence-corrected chi connectivity index (χ0v) is 13.7. The number of methoxy groups -OCH3 is 1. The Kier molecular flexibility index (Phi) is 4.72. The molecule has 1 aliphatic carbocycles. The van der Waals surface area contributed by atoms with Crippen LogP contribution in [0.2, 0.25) is 5.02 Å². The van der Waals surface area contributed by atoms with Gasteiger partial charge < -0.3 is 15.4 Å². The number of carbonyl (C=O) groups is 1. The SMILES string of the molecule is COc1ccc(Cl)cc1CNc1ccc(C(=O)NC2CC2)cc1. The van der Waals surface area contributed by atoms with Crippen molar-refractivity contribution in [3.8, 4) is 5.75 Å². The van der Waals surface area contributed by atoms with Crippen molar-refractivity contribution in [1.29, 1.82) is 0 Å². The molecule has 23 heavy (non-hydrogen) atoms. The third-order valence-electron chi connectivity index (χ3n) is 3.79. The Morgan fingerprint density at radius 2 is 1.96 bits per heavy atom. The van der Waals surface area contributed by atoms with E-state index in [1.54, 1.807) is 13.2 Å². The van der Waals surface area contributed by atoms with Gasteiger partial charge in [0.25, 0.3) is 5.91 Å². The van der Waals surface area contributed by atoms with Gasteiger partial charge >= 0.3 is 0 Å². The van der Waals surface area contributed by atoms with Crippen LogP contribution in [-0.2, 0) is 6.54 Å². The minimum Gasteiger partial charge on any atom is -0.496 e. The quantitative estimate of drug-likeness (QED) is 0.845. The average molecular weight is 331 g/mol. The first-order valence-electron chi connectivity index (χ1n) is 7.63. The molecule has 0 heterocycles. The molecule has 0 atom stereocenters. The minimum atomic E-state index is -0.00411. The highest BCUT2D eigenvalue weighted by atomic mass is 35.5. The molecule has 0 radical (unpaired) electrons. The molecule has 2 N–H and O–H groups in total. The zero-order chi connectivity index (χ0) is 16.2. The number of amides is 1. The third-order valence-corrected chi connectivity index (χ3v) is 4.02. The molecule has 0 aliphatic heterocycles. The number of ether oxygens (including phenoxy) is 1. The van der Waals surface area contributed by atoms with Crippen LogP contribution in [-0.4, -0.2) is 19.1 Å². The lowest BCUT2D eigenvalue weighted by molar-refractivity contribution is 0.0951. The van der Waals surface area contributed by atoms with E-state index in [0.29, 0.717) is 23.2 Å². The summed E-state index contributed by atoms with van der Waals surface area (Å²) in [5.74, 6) is 0.790. The van der Waals surface area contributed by atoms with Gasteiger partial charge in [0.2, 0.25) is 0 Å². The molecule has 2 aromatic rings. The van der Waals surface area contributed by atoms with E-state index in [0.717, 1.165) is 29.8 Å². The molecular weight excluding hydrogens is 312 g/mol. The van der Waals surface area contributed by atoms with Crippen LogP contribution in [0.1, 0.15) is 28.8 Å². The Balaban J connectivity index is 1.62. The summed E-state index contributed by atoms with van der Waals surface area (Å²) in [6.45, 7) is 0.595. The highest BCUT2D eigenvalue weighted by Gasteiger charge is 2.23. The normalized spacial score (nSPS) is 13.5. The van der Waals surface area contributed by atoms with Crippen LogP contribution in [0.5, 0.6) is 5.75 Å². The molecule has 1 fully saturated rings. The van der Waals surface area contributed by atoms with E-state index >= 15 is 0 Å². The molecule has 0 saturated heterocycles. The average Bonchev–Trinajstić information content (AvgIpc) is 3.37. The standard InChI is InChI=1S/C18H19ClN2O2/c1-23-17-9-4-14(19)10-13(17)11-20-15-5-2-12(3-6-15)18(22)21-16-7-8-16/h2-6,9-10,16,20H,7-8,11H2,1H3,(H,21,22). The summed E-state index contributed by atoms with van der Waals surface area (Å²) in [6, 6.07) is 13.4. The summed E-state index contributed by atoms with van der Waals surface area (Å²) < 4.78 is 5.33. The fraction of sp³-hybridized carbons (Fsp3) is 0.278. The molecule has 0 unspecified atom stereocenters. The van der Waals surface area contributed by atoms with Gasteiger partial charge in [0.1, 0.15) is 5.75 Å². The summed E-state index contributed by atoms with van der Waals surface area (Å²) in [6.07, 6.45) is 2.18. The number of nitrogens with one attached hydrogen (secondary N) is 2. The minimum absolute atomic E-state index is 0.00411. The van der Waals surface area contributed by atoms with E-state index in [1.165, 1.54) is 0 Å². The van der Waals surface area contributed by atoms with Crippen molar-refractivity contribution in [2.45, 2.75) is 25.4 Å². The van der Waals surface area contributed by atoms with Gasteiger partial charge in [-0.05, 0) is 55.3 Å². The summed E-state index contributed by atoms with van der Waals surface area (Å²) in [5.41, 5.74) is 2.60. The van der Waals surface area contributed by atoms with Gasteiger partial charge in [-0.2, -0.15) is 0 Å². The Labute approximate surface area is 140 Å². The second kappa shape index (κ2) is 6.92. The molecule has 0 aromatic heterocycles. The van der Waals surface area contributed by atoms with Crippen molar-refractivity contribution in [1.82, 2.24) is 5.32 Å².